The molecule has 0 radical (unpaired) electrons. The minimum atomic E-state index is -0.823. The molecule has 7 heteroatoms. The monoisotopic (exact) mass is 427 g/mol. The Morgan fingerprint density at radius 3 is 2.52 bits per heavy atom. The Morgan fingerprint density at radius 2 is 1.85 bits per heavy atom. The van der Waals surface area contributed by atoms with Crippen LogP contribution in [0.15, 0.2) is 53.1 Å². The number of esters is 1. The SMILES string of the molecule is COC(=O)C(C)N(C(=O)c1cnc2ccccc2n1)c1ccc(Br)cc1C. The van der Waals surface area contributed by atoms with Gasteiger partial charge in [0.25, 0.3) is 5.91 Å². The van der Waals surface area contributed by atoms with E-state index in [1.54, 1.807) is 19.1 Å². The van der Waals surface area contributed by atoms with Gasteiger partial charge in [0.2, 0.25) is 0 Å². The van der Waals surface area contributed by atoms with Crippen molar-refractivity contribution < 1.29 is 14.3 Å². The minimum Gasteiger partial charge on any atom is -0.467 e. The first-order valence-corrected chi connectivity index (χ1v) is 9.11. The Bertz CT molecular complexity index is 1020. The Hall–Kier alpha value is -2.80. The zero-order chi connectivity index (χ0) is 19.6. The van der Waals surface area contributed by atoms with Crippen molar-refractivity contribution in [3.05, 3.63) is 64.4 Å². The van der Waals surface area contributed by atoms with Crippen LogP contribution in [0.2, 0.25) is 0 Å². The molecule has 2 aromatic carbocycles. The topological polar surface area (TPSA) is 72.4 Å². The molecule has 0 aliphatic rings. The molecule has 0 fully saturated rings. The van der Waals surface area contributed by atoms with Gasteiger partial charge >= 0.3 is 5.97 Å². The van der Waals surface area contributed by atoms with Crippen molar-refractivity contribution in [3.8, 4) is 0 Å². The van der Waals surface area contributed by atoms with Crippen LogP contribution in [0.1, 0.15) is 23.0 Å². The lowest BCUT2D eigenvalue weighted by Gasteiger charge is -2.28. The number of hydrogen-bond donors (Lipinski definition) is 0. The molecule has 0 saturated heterocycles. The number of para-hydroxylation sites is 2. The number of methoxy groups -OCH3 is 1. The molecular weight excluding hydrogens is 410 g/mol. The van der Waals surface area contributed by atoms with Crippen LogP contribution in [-0.4, -0.2) is 35.0 Å². The number of benzene rings is 2. The number of nitrogens with zero attached hydrogens (tertiary/aromatic N) is 3. The zero-order valence-corrected chi connectivity index (χ0v) is 16.7. The summed E-state index contributed by atoms with van der Waals surface area (Å²) in [5.74, 6) is -0.934. The molecule has 0 bridgehead atoms. The van der Waals surface area contributed by atoms with Gasteiger partial charge in [-0.25, -0.2) is 9.78 Å². The van der Waals surface area contributed by atoms with E-state index in [1.807, 2.05) is 37.3 Å². The predicted octanol–water partition coefficient (Wildman–Crippen LogP) is 3.91. The smallest absolute Gasteiger partial charge is 0.328 e. The zero-order valence-electron chi connectivity index (χ0n) is 15.1. The lowest BCUT2D eigenvalue weighted by Crippen LogP contribution is -2.44. The van der Waals surface area contributed by atoms with Gasteiger partial charge in [0.15, 0.2) is 0 Å². The number of rotatable bonds is 4. The summed E-state index contributed by atoms with van der Waals surface area (Å²) in [4.78, 5) is 35.6. The number of aromatic nitrogens is 2. The summed E-state index contributed by atoms with van der Waals surface area (Å²) in [5, 5.41) is 0. The van der Waals surface area contributed by atoms with Crippen molar-refractivity contribution in [2.24, 2.45) is 0 Å². The molecule has 1 amide bonds. The highest BCUT2D eigenvalue weighted by Crippen LogP contribution is 2.27. The minimum absolute atomic E-state index is 0.159. The fourth-order valence-electron chi connectivity index (χ4n) is 2.84. The summed E-state index contributed by atoms with van der Waals surface area (Å²) in [6.45, 7) is 3.50. The van der Waals surface area contributed by atoms with Crippen LogP contribution < -0.4 is 4.90 Å². The molecular formula is C20H18BrN3O3. The molecule has 138 valence electrons. The lowest BCUT2D eigenvalue weighted by molar-refractivity contribution is -0.141. The quantitative estimate of drug-likeness (QED) is 0.590. The van der Waals surface area contributed by atoms with Crippen molar-refractivity contribution in [2.45, 2.75) is 19.9 Å². The van der Waals surface area contributed by atoms with Crippen molar-refractivity contribution >= 4 is 44.5 Å². The highest BCUT2D eigenvalue weighted by molar-refractivity contribution is 9.10. The summed E-state index contributed by atoms with van der Waals surface area (Å²) >= 11 is 3.42. The molecule has 0 aliphatic carbocycles. The van der Waals surface area contributed by atoms with Gasteiger partial charge in [-0.15, -0.1) is 0 Å². The normalized spacial score (nSPS) is 11.9. The van der Waals surface area contributed by atoms with Crippen molar-refractivity contribution in [2.75, 3.05) is 12.0 Å². The van der Waals surface area contributed by atoms with E-state index in [4.69, 9.17) is 4.74 Å². The van der Waals surface area contributed by atoms with Gasteiger partial charge < -0.3 is 4.74 Å². The van der Waals surface area contributed by atoms with Crippen LogP contribution in [0.4, 0.5) is 5.69 Å². The van der Waals surface area contributed by atoms with E-state index in [9.17, 15) is 9.59 Å². The lowest BCUT2D eigenvalue weighted by atomic mass is 10.1. The standard InChI is InChI=1S/C20H18BrN3O3/c1-12-10-14(21)8-9-18(12)24(13(2)20(26)27-3)19(25)17-11-22-15-6-4-5-7-16(15)23-17/h4-11,13H,1-3H3. The molecule has 27 heavy (non-hydrogen) atoms. The van der Waals surface area contributed by atoms with Gasteiger partial charge in [0, 0.05) is 10.2 Å². The second kappa shape index (κ2) is 7.84. The Morgan fingerprint density at radius 1 is 1.15 bits per heavy atom. The third-order valence-electron chi connectivity index (χ3n) is 4.23. The van der Waals surface area contributed by atoms with Gasteiger partial charge in [0.05, 0.1) is 24.3 Å². The second-order valence-electron chi connectivity index (χ2n) is 6.05. The van der Waals surface area contributed by atoms with E-state index >= 15 is 0 Å². The summed E-state index contributed by atoms with van der Waals surface area (Å²) in [5.41, 5.74) is 2.91. The first-order chi connectivity index (χ1) is 12.9. The molecule has 0 saturated carbocycles. The second-order valence-corrected chi connectivity index (χ2v) is 6.96. The average Bonchev–Trinajstić information content (AvgIpc) is 2.68. The van der Waals surface area contributed by atoms with Crippen molar-refractivity contribution in [3.63, 3.8) is 0 Å². The Labute approximate surface area is 165 Å². The average molecular weight is 428 g/mol. The fourth-order valence-corrected chi connectivity index (χ4v) is 3.32. The molecule has 1 atom stereocenters. The number of aryl methyl sites for hydroxylation is 1. The first-order valence-electron chi connectivity index (χ1n) is 8.31. The van der Waals surface area contributed by atoms with Gasteiger partial charge in [0.1, 0.15) is 11.7 Å². The van der Waals surface area contributed by atoms with Gasteiger partial charge in [-0.05, 0) is 49.7 Å². The number of halogens is 1. The van der Waals surface area contributed by atoms with Crippen molar-refractivity contribution in [1.29, 1.82) is 0 Å². The highest BCUT2D eigenvalue weighted by Gasteiger charge is 2.31. The Kier molecular flexibility index (Phi) is 5.51. The fraction of sp³-hybridized carbons (Fsp3) is 0.200. The molecule has 3 aromatic rings. The van der Waals surface area contributed by atoms with Crippen LogP contribution in [0, 0.1) is 6.92 Å². The van der Waals surface area contributed by atoms with E-state index in [0.717, 1.165) is 10.0 Å². The van der Waals surface area contributed by atoms with Gasteiger partial charge in [-0.2, -0.15) is 0 Å². The first kappa shape index (κ1) is 19.0. The maximum Gasteiger partial charge on any atom is 0.328 e. The molecule has 0 N–H and O–H groups in total. The van der Waals surface area contributed by atoms with E-state index < -0.39 is 17.9 Å². The maximum absolute atomic E-state index is 13.3. The number of ether oxygens (including phenoxy) is 1. The van der Waals surface area contributed by atoms with Crippen LogP contribution in [-0.2, 0) is 9.53 Å². The molecule has 1 aromatic heterocycles. The predicted molar refractivity (Wildman–Crippen MR) is 107 cm³/mol. The highest BCUT2D eigenvalue weighted by atomic mass is 79.9. The number of carbonyl (C=O) groups is 2. The third kappa shape index (κ3) is 3.83. The molecule has 3 rings (SSSR count). The number of hydrogen-bond acceptors (Lipinski definition) is 5. The van der Waals surface area contributed by atoms with E-state index in [-0.39, 0.29) is 5.69 Å². The van der Waals surface area contributed by atoms with Crippen LogP contribution in [0.5, 0.6) is 0 Å². The number of amides is 1. The Balaban J connectivity index is 2.10. The van der Waals surface area contributed by atoms with E-state index in [0.29, 0.717) is 16.7 Å². The molecule has 0 spiro atoms. The van der Waals surface area contributed by atoms with E-state index in [1.165, 1.54) is 18.2 Å². The number of carbonyl (C=O) groups excluding carboxylic acids is 2. The maximum atomic E-state index is 13.3. The molecule has 0 aliphatic heterocycles. The molecule has 1 unspecified atom stereocenters. The third-order valence-corrected chi connectivity index (χ3v) is 4.73. The summed E-state index contributed by atoms with van der Waals surface area (Å²) in [6.07, 6.45) is 1.43. The molecule has 1 heterocycles. The molecule has 6 nitrogen and oxygen atoms in total. The number of fused-ring (bicyclic) bond motifs is 1. The van der Waals surface area contributed by atoms with Crippen LogP contribution in [0.25, 0.3) is 11.0 Å². The van der Waals surface area contributed by atoms with Crippen LogP contribution in [0.3, 0.4) is 0 Å². The largest absolute Gasteiger partial charge is 0.467 e. The van der Waals surface area contributed by atoms with Crippen LogP contribution >= 0.6 is 15.9 Å². The van der Waals surface area contributed by atoms with Gasteiger partial charge in [-0.3, -0.25) is 14.7 Å². The number of anilines is 1. The van der Waals surface area contributed by atoms with E-state index in [2.05, 4.69) is 25.9 Å². The van der Waals surface area contributed by atoms with Gasteiger partial charge in [-0.1, -0.05) is 28.1 Å². The van der Waals surface area contributed by atoms with Crippen molar-refractivity contribution in [1.82, 2.24) is 9.97 Å². The summed E-state index contributed by atoms with van der Waals surface area (Å²) in [7, 11) is 1.30. The summed E-state index contributed by atoms with van der Waals surface area (Å²) in [6, 6.07) is 12.0. The summed E-state index contributed by atoms with van der Waals surface area (Å²) < 4.78 is 5.74.